The Labute approximate surface area is 180 Å². The molecule has 2 aliphatic heterocycles. The Morgan fingerprint density at radius 3 is 2.80 bits per heavy atom. The van der Waals surface area contributed by atoms with Gasteiger partial charge in [0, 0.05) is 37.2 Å². The predicted molar refractivity (Wildman–Crippen MR) is 117 cm³/mol. The van der Waals surface area contributed by atoms with Gasteiger partial charge in [-0.25, -0.2) is 9.97 Å². The Balaban J connectivity index is 1.37. The van der Waals surface area contributed by atoms with Gasteiger partial charge in [-0.1, -0.05) is 19.0 Å². The first kappa shape index (κ1) is 19.5. The molecule has 0 aromatic carbocycles. The fraction of sp³-hybridized carbons (Fsp3) is 0.545. The summed E-state index contributed by atoms with van der Waals surface area (Å²) in [7, 11) is 0. The molecule has 3 aromatic heterocycles. The molecule has 2 aliphatic rings. The fourth-order valence-electron chi connectivity index (χ4n) is 4.97. The highest BCUT2D eigenvalue weighted by atomic mass is 32.1. The maximum atomic E-state index is 13.3. The highest BCUT2D eigenvalue weighted by Crippen LogP contribution is 2.40. The molecule has 1 spiro atoms. The largest absolute Gasteiger partial charge is 0.360 e. The molecule has 0 radical (unpaired) electrons. The molecule has 2 fully saturated rings. The topological polar surface area (TPSA) is 75.4 Å². The third-order valence-electron chi connectivity index (χ3n) is 6.60. The van der Waals surface area contributed by atoms with Crippen LogP contribution in [0.25, 0.3) is 10.2 Å². The lowest BCUT2D eigenvalue weighted by Crippen LogP contribution is -2.48. The molecule has 158 valence electrons. The van der Waals surface area contributed by atoms with Crippen molar-refractivity contribution in [3.63, 3.8) is 0 Å². The van der Waals surface area contributed by atoms with E-state index in [1.54, 1.807) is 17.7 Å². The zero-order valence-corrected chi connectivity index (χ0v) is 18.3. The van der Waals surface area contributed by atoms with Gasteiger partial charge in [0.25, 0.3) is 5.91 Å². The number of rotatable bonds is 3. The van der Waals surface area contributed by atoms with E-state index >= 15 is 0 Å². The molecule has 30 heavy (non-hydrogen) atoms. The Morgan fingerprint density at radius 1 is 1.17 bits per heavy atom. The Kier molecular flexibility index (Phi) is 4.97. The van der Waals surface area contributed by atoms with Crippen LogP contribution in [0.15, 0.2) is 28.4 Å². The van der Waals surface area contributed by atoms with E-state index in [0.717, 1.165) is 73.5 Å². The van der Waals surface area contributed by atoms with Crippen LogP contribution in [-0.2, 0) is 0 Å². The maximum Gasteiger partial charge on any atom is 0.276 e. The number of fused-ring (bicyclic) bond motifs is 1. The van der Waals surface area contributed by atoms with Crippen LogP contribution >= 0.6 is 11.3 Å². The predicted octanol–water partition coefficient (Wildman–Crippen LogP) is 4.47. The van der Waals surface area contributed by atoms with E-state index in [1.165, 1.54) is 0 Å². The molecule has 5 heterocycles. The minimum Gasteiger partial charge on any atom is -0.360 e. The summed E-state index contributed by atoms with van der Waals surface area (Å²) in [4.78, 5) is 26.8. The number of nitrogens with zero attached hydrogens (tertiary/aromatic N) is 5. The summed E-state index contributed by atoms with van der Waals surface area (Å²) in [5.74, 6) is 2.03. The number of carbonyl (C=O) groups excluding carboxylic acids is 1. The van der Waals surface area contributed by atoms with E-state index in [9.17, 15) is 4.79 Å². The van der Waals surface area contributed by atoms with Crippen LogP contribution in [0.3, 0.4) is 0 Å². The summed E-state index contributed by atoms with van der Waals surface area (Å²) in [6.45, 7) is 6.73. The van der Waals surface area contributed by atoms with Crippen molar-refractivity contribution in [3.8, 4) is 0 Å². The molecule has 8 heteroatoms. The van der Waals surface area contributed by atoms with E-state index in [4.69, 9.17) is 4.52 Å². The molecule has 5 rings (SSSR count). The first-order valence-corrected chi connectivity index (χ1v) is 11.7. The van der Waals surface area contributed by atoms with Gasteiger partial charge in [-0.15, -0.1) is 11.3 Å². The Morgan fingerprint density at radius 2 is 2.00 bits per heavy atom. The van der Waals surface area contributed by atoms with E-state index in [-0.39, 0.29) is 17.4 Å². The quantitative estimate of drug-likeness (QED) is 0.616. The van der Waals surface area contributed by atoms with Crippen LogP contribution in [0.5, 0.6) is 0 Å². The van der Waals surface area contributed by atoms with Gasteiger partial charge < -0.3 is 14.3 Å². The summed E-state index contributed by atoms with van der Waals surface area (Å²) in [5.41, 5.74) is 1.36. The van der Waals surface area contributed by atoms with Gasteiger partial charge >= 0.3 is 0 Å². The Bertz CT molecular complexity index is 1060. The van der Waals surface area contributed by atoms with E-state index in [0.29, 0.717) is 5.69 Å². The van der Waals surface area contributed by atoms with Crippen molar-refractivity contribution in [2.24, 2.45) is 0 Å². The van der Waals surface area contributed by atoms with Crippen molar-refractivity contribution in [2.45, 2.75) is 57.4 Å². The smallest absolute Gasteiger partial charge is 0.276 e. The number of aromatic nitrogens is 3. The first-order valence-electron chi connectivity index (χ1n) is 10.8. The van der Waals surface area contributed by atoms with Gasteiger partial charge in [0.15, 0.2) is 5.69 Å². The van der Waals surface area contributed by atoms with Crippen molar-refractivity contribution in [2.75, 3.05) is 24.5 Å². The molecule has 0 bridgehead atoms. The van der Waals surface area contributed by atoms with Crippen molar-refractivity contribution in [1.29, 1.82) is 0 Å². The molecule has 0 aliphatic carbocycles. The molecule has 0 N–H and O–H groups in total. The Hall–Kier alpha value is -2.48. The van der Waals surface area contributed by atoms with Crippen LogP contribution < -0.4 is 4.90 Å². The monoisotopic (exact) mass is 425 g/mol. The summed E-state index contributed by atoms with van der Waals surface area (Å²) in [6, 6.07) is 3.86. The first-order chi connectivity index (χ1) is 14.6. The third-order valence-corrected chi connectivity index (χ3v) is 7.50. The number of hydrogen-bond acceptors (Lipinski definition) is 7. The lowest BCUT2D eigenvalue weighted by molar-refractivity contribution is 0.0555. The molecule has 1 atom stereocenters. The average molecular weight is 426 g/mol. The number of carbonyl (C=O) groups is 1. The number of hydrogen-bond donors (Lipinski definition) is 0. The standard InChI is InChI=1S/C22H27N5O2S/c1-15(2)18-13-17(25-29-18)21(28)27-10-4-7-22(27)6-3-9-26(11-8-22)20-19-16(5-12-30-19)23-14-24-20/h5,12-15H,3-4,6-11H2,1-2H3/t22-/m0/s1. The van der Waals surface area contributed by atoms with Crippen LogP contribution in [0.2, 0.25) is 0 Å². The summed E-state index contributed by atoms with van der Waals surface area (Å²) in [6.07, 6.45) is 6.76. The molecule has 1 amide bonds. The minimum atomic E-state index is -0.0929. The highest BCUT2D eigenvalue weighted by molar-refractivity contribution is 7.17. The minimum absolute atomic E-state index is 0.0132. The van der Waals surface area contributed by atoms with Crippen LogP contribution in [0.1, 0.15) is 68.1 Å². The molecule has 0 saturated carbocycles. The lowest BCUT2D eigenvalue weighted by atomic mass is 9.87. The van der Waals surface area contributed by atoms with Gasteiger partial charge in [-0.2, -0.15) is 0 Å². The van der Waals surface area contributed by atoms with Gasteiger partial charge in [0.1, 0.15) is 17.9 Å². The molecule has 0 unspecified atom stereocenters. The molecule has 7 nitrogen and oxygen atoms in total. The van der Waals surface area contributed by atoms with Crippen molar-refractivity contribution in [3.05, 3.63) is 35.3 Å². The van der Waals surface area contributed by atoms with Gasteiger partial charge in [-0.3, -0.25) is 4.79 Å². The zero-order chi connectivity index (χ0) is 20.7. The van der Waals surface area contributed by atoms with Gasteiger partial charge in [-0.05, 0) is 43.6 Å². The molecule has 3 aromatic rings. The van der Waals surface area contributed by atoms with E-state index in [2.05, 4.69) is 30.3 Å². The fourth-order valence-corrected chi connectivity index (χ4v) is 5.83. The third kappa shape index (κ3) is 3.27. The van der Waals surface area contributed by atoms with Crippen molar-refractivity contribution < 1.29 is 9.32 Å². The van der Waals surface area contributed by atoms with E-state index < -0.39 is 0 Å². The maximum absolute atomic E-state index is 13.3. The second-order valence-electron chi connectivity index (χ2n) is 8.73. The van der Waals surface area contributed by atoms with E-state index in [1.807, 2.05) is 26.0 Å². The normalized spacial score (nSPS) is 22.4. The van der Waals surface area contributed by atoms with Crippen molar-refractivity contribution >= 4 is 33.3 Å². The zero-order valence-electron chi connectivity index (χ0n) is 17.5. The summed E-state index contributed by atoms with van der Waals surface area (Å²) < 4.78 is 6.55. The number of amides is 1. The average Bonchev–Trinajstić information content (AvgIpc) is 3.46. The SMILES string of the molecule is CC(C)c1cc(C(=O)N2CCC[C@]23CCCN(c2ncnc4ccsc24)CC3)no1. The van der Waals surface area contributed by atoms with Crippen LogP contribution in [0.4, 0.5) is 5.82 Å². The highest BCUT2D eigenvalue weighted by Gasteiger charge is 2.45. The number of thiophene rings is 1. The van der Waals surface area contributed by atoms with Crippen LogP contribution in [-0.4, -0.2) is 51.1 Å². The van der Waals surface area contributed by atoms with Gasteiger partial charge in [0.2, 0.25) is 0 Å². The summed E-state index contributed by atoms with van der Waals surface area (Å²) in [5, 5.41) is 6.15. The number of anilines is 1. The lowest BCUT2D eigenvalue weighted by Gasteiger charge is -2.37. The summed E-state index contributed by atoms with van der Waals surface area (Å²) >= 11 is 1.70. The molecule has 2 saturated heterocycles. The van der Waals surface area contributed by atoms with Crippen LogP contribution in [0, 0.1) is 0 Å². The van der Waals surface area contributed by atoms with Gasteiger partial charge in [0.05, 0.1) is 10.2 Å². The second-order valence-corrected chi connectivity index (χ2v) is 9.64. The number of likely N-dealkylation sites (tertiary alicyclic amines) is 1. The molecular weight excluding hydrogens is 398 g/mol. The molecular formula is C22H27N5O2S. The van der Waals surface area contributed by atoms with Crippen molar-refractivity contribution in [1.82, 2.24) is 20.0 Å². The second kappa shape index (κ2) is 7.65.